The molecule has 2 aromatic carbocycles. The molecule has 3 aromatic rings. The van der Waals surface area contributed by atoms with Crippen LogP contribution in [0.15, 0.2) is 42.5 Å². The number of nitrogens with one attached hydrogen (secondary N) is 2. The van der Waals surface area contributed by atoms with Crippen LogP contribution < -0.4 is 5.32 Å². The molecular formula is C18H15ClN2O3. The van der Waals surface area contributed by atoms with E-state index in [-0.39, 0.29) is 5.91 Å². The molecule has 0 aliphatic carbocycles. The Morgan fingerprint density at radius 1 is 1.12 bits per heavy atom. The first-order valence-electron chi connectivity index (χ1n) is 7.26. The number of esters is 1. The molecule has 6 heteroatoms. The number of benzene rings is 2. The van der Waals surface area contributed by atoms with Crippen molar-refractivity contribution in [2.24, 2.45) is 0 Å². The molecule has 0 unspecified atom stereocenters. The van der Waals surface area contributed by atoms with Gasteiger partial charge in [0.2, 0.25) is 0 Å². The monoisotopic (exact) mass is 342 g/mol. The third-order valence-electron chi connectivity index (χ3n) is 3.66. The van der Waals surface area contributed by atoms with Gasteiger partial charge in [0, 0.05) is 10.9 Å². The number of halogens is 1. The standard InChI is InChI=1S/C18H15ClN2O3/c1-10-3-4-11-8-16(20-14(11)7-10)17(22)21-15-9-12(18(23)24-2)5-6-13(15)19/h3-9,20H,1-2H3,(H,21,22). The minimum absolute atomic E-state index is 0.310. The highest BCUT2D eigenvalue weighted by molar-refractivity contribution is 6.34. The van der Waals surface area contributed by atoms with Gasteiger partial charge in [0.25, 0.3) is 5.91 Å². The van der Waals surface area contributed by atoms with Gasteiger partial charge in [-0.05, 0) is 42.8 Å². The number of aromatic amines is 1. The van der Waals surface area contributed by atoms with Gasteiger partial charge in [-0.15, -0.1) is 0 Å². The molecule has 3 rings (SSSR count). The Morgan fingerprint density at radius 3 is 2.67 bits per heavy atom. The number of anilines is 1. The number of carbonyl (C=O) groups is 2. The number of carbonyl (C=O) groups excluding carboxylic acids is 2. The second-order valence-corrected chi connectivity index (χ2v) is 5.82. The lowest BCUT2D eigenvalue weighted by molar-refractivity contribution is 0.0600. The number of methoxy groups -OCH3 is 1. The van der Waals surface area contributed by atoms with E-state index in [1.165, 1.54) is 25.3 Å². The smallest absolute Gasteiger partial charge is 0.337 e. The summed E-state index contributed by atoms with van der Waals surface area (Å²) in [5.74, 6) is -0.837. The topological polar surface area (TPSA) is 71.2 Å². The molecule has 0 saturated carbocycles. The van der Waals surface area contributed by atoms with Crippen molar-refractivity contribution in [1.82, 2.24) is 4.98 Å². The minimum atomic E-state index is -0.497. The normalized spacial score (nSPS) is 10.6. The number of amides is 1. The second kappa shape index (κ2) is 6.37. The van der Waals surface area contributed by atoms with Gasteiger partial charge in [-0.25, -0.2) is 4.79 Å². The van der Waals surface area contributed by atoms with E-state index < -0.39 is 5.97 Å². The highest BCUT2D eigenvalue weighted by Gasteiger charge is 2.14. The van der Waals surface area contributed by atoms with E-state index in [0.717, 1.165) is 16.5 Å². The number of ether oxygens (including phenoxy) is 1. The summed E-state index contributed by atoms with van der Waals surface area (Å²) in [5.41, 5.74) is 3.05. The number of hydrogen-bond acceptors (Lipinski definition) is 3. The molecule has 0 fully saturated rings. The average molecular weight is 343 g/mol. The highest BCUT2D eigenvalue weighted by atomic mass is 35.5. The summed E-state index contributed by atoms with van der Waals surface area (Å²) in [4.78, 5) is 27.1. The lowest BCUT2D eigenvalue weighted by atomic mass is 10.2. The zero-order valence-electron chi connectivity index (χ0n) is 13.1. The first kappa shape index (κ1) is 16.1. The summed E-state index contributed by atoms with van der Waals surface area (Å²) in [7, 11) is 1.29. The average Bonchev–Trinajstić information content (AvgIpc) is 2.99. The predicted octanol–water partition coefficient (Wildman–Crippen LogP) is 4.17. The zero-order valence-corrected chi connectivity index (χ0v) is 13.9. The molecule has 1 aromatic heterocycles. The van der Waals surface area contributed by atoms with Crippen LogP contribution in [-0.2, 0) is 4.74 Å². The Bertz CT molecular complexity index is 947. The van der Waals surface area contributed by atoms with Crippen LogP contribution in [-0.4, -0.2) is 24.0 Å². The third kappa shape index (κ3) is 3.12. The number of aromatic nitrogens is 1. The van der Waals surface area contributed by atoms with E-state index in [4.69, 9.17) is 11.6 Å². The second-order valence-electron chi connectivity index (χ2n) is 5.41. The first-order valence-corrected chi connectivity index (χ1v) is 7.64. The van der Waals surface area contributed by atoms with E-state index in [0.29, 0.717) is 22.0 Å². The van der Waals surface area contributed by atoms with E-state index in [9.17, 15) is 9.59 Å². The van der Waals surface area contributed by atoms with Gasteiger partial charge in [0.15, 0.2) is 0 Å². The summed E-state index contributed by atoms with van der Waals surface area (Å²) in [6, 6.07) is 12.2. The zero-order chi connectivity index (χ0) is 17.3. The molecule has 5 nitrogen and oxygen atoms in total. The van der Waals surface area contributed by atoms with Crippen molar-refractivity contribution in [3.05, 3.63) is 64.3 Å². The summed E-state index contributed by atoms with van der Waals surface area (Å²) >= 11 is 6.10. The molecule has 0 radical (unpaired) electrons. The number of H-pyrrole nitrogens is 1. The Hall–Kier alpha value is -2.79. The lowest BCUT2D eigenvalue weighted by Crippen LogP contribution is -2.13. The number of rotatable bonds is 3. The fourth-order valence-electron chi connectivity index (χ4n) is 2.42. The fourth-order valence-corrected chi connectivity index (χ4v) is 2.58. The SMILES string of the molecule is COC(=O)c1ccc(Cl)c(NC(=O)c2cc3ccc(C)cc3[nH]2)c1. The van der Waals surface area contributed by atoms with Crippen LogP contribution in [0.1, 0.15) is 26.4 Å². The molecule has 0 atom stereocenters. The molecule has 0 aliphatic heterocycles. The molecule has 0 bridgehead atoms. The van der Waals surface area contributed by atoms with Crippen LogP contribution >= 0.6 is 11.6 Å². The van der Waals surface area contributed by atoms with Crippen LogP contribution in [0.4, 0.5) is 5.69 Å². The van der Waals surface area contributed by atoms with Crippen molar-refractivity contribution >= 4 is 40.1 Å². The van der Waals surface area contributed by atoms with E-state index >= 15 is 0 Å². The molecule has 0 saturated heterocycles. The lowest BCUT2D eigenvalue weighted by Gasteiger charge is -2.08. The van der Waals surface area contributed by atoms with Crippen molar-refractivity contribution in [3.8, 4) is 0 Å². The van der Waals surface area contributed by atoms with Gasteiger partial charge in [-0.1, -0.05) is 23.7 Å². The third-order valence-corrected chi connectivity index (χ3v) is 3.99. The van der Waals surface area contributed by atoms with Crippen LogP contribution in [0.2, 0.25) is 5.02 Å². The largest absolute Gasteiger partial charge is 0.465 e. The van der Waals surface area contributed by atoms with Crippen LogP contribution in [0.25, 0.3) is 10.9 Å². The van der Waals surface area contributed by atoms with E-state index in [2.05, 4.69) is 15.0 Å². The van der Waals surface area contributed by atoms with E-state index in [1.54, 1.807) is 6.07 Å². The van der Waals surface area contributed by atoms with Crippen molar-refractivity contribution in [3.63, 3.8) is 0 Å². The Balaban J connectivity index is 1.89. The maximum atomic E-state index is 12.5. The van der Waals surface area contributed by atoms with Crippen LogP contribution in [0, 0.1) is 6.92 Å². The number of aryl methyl sites for hydroxylation is 1. The number of fused-ring (bicyclic) bond motifs is 1. The molecule has 122 valence electrons. The van der Waals surface area contributed by atoms with Gasteiger partial charge < -0.3 is 15.0 Å². The molecule has 1 heterocycles. The Labute approximate surface area is 143 Å². The van der Waals surface area contributed by atoms with Gasteiger partial charge in [0.1, 0.15) is 5.69 Å². The quantitative estimate of drug-likeness (QED) is 0.702. The molecule has 2 N–H and O–H groups in total. The van der Waals surface area contributed by atoms with Crippen molar-refractivity contribution in [2.75, 3.05) is 12.4 Å². The summed E-state index contributed by atoms with van der Waals surface area (Å²) < 4.78 is 4.67. The van der Waals surface area contributed by atoms with Gasteiger partial charge >= 0.3 is 5.97 Å². The molecule has 24 heavy (non-hydrogen) atoms. The summed E-state index contributed by atoms with van der Waals surface area (Å²) in [5, 5.41) is 3.99. The summed E-state index contributed by atoms with van der Waals surface area (Å²) in [6.45, 7) is 1.98. The van der Waals surface area contributed by atoms with E-state index in [1.807, 2.05) is 25.1 Å². The maximum Gasteiger partial charge on any atom is 0.337 e. The Morgan fingerprint density at radius 2 is 1.92 bits per heavy atom. The minimum Gasteiger partial charge on any atom is -0.465 e. The van der Waals surface area contributed by atoms with Crippen molar-refractivity contribution in [2.45, 2.75) is 6.92 Å². The van der Waals surface area contributed by atoms with Crippen LogP contribution in [0.3, 0.4) is 0 Å². The summed E-state index contributed by atoms with van der Waals surface area (Å²) in [6.07, 6.45) is 0. The maximum absolute atomic E-state index is 12.5. The molecular weight excluding hydrogens is 328 g/mol. The van der Waals surface area contributed by atoms with Gasteiger partial charge in [-0.3, -0.25) is 4.79 Å². The highest BCUT2D eigenvalue weighted by Crippen LogP contribution is 2.25. The van der Waals surface area contributed by atoms with Crippen molar-refractivity contribution < 1.29 is 14.3 Å². The number of hydrogen-bond donors (Lipinski definition) is 2. The predicted molar refractivity (Wildman–Crippen MR) is 93.8 cm³/mol. The fraction of sp³-hybridized carbons (Fsp3) is 0.111. The molecule has 0 spiro atoms. The first-order chi connectivity index (χ1) is 11.5. The van der Waals surface area contributed by atoms with Gasteiger partial charge in [-0.2, -0.15) is 0 Å². The van der Waals surface area contributed by atoms with Crippen molar-refractivity contribution in [1.29, 1.82) is 0 Å². The van der Waals surface area contributed by atoms with Crippen LogP contribution in [0.5, 0.6) is 0 Å². The van der Waals surface area contributed by atoms with Gasteiger partial charge in [0.05, 0.1) is 23.4 Å². The molecule has 1 amide bonds. The molecule has 0 aliphatic rings. The Kier molecular flexibility index (Phi) is 4.27.